The molecule has 0 fully saturated rings. The SMILES string of the molecule is C1=CCC(N(c2ccc(-c3ccc(N(c4ccccc4)c4ccccc4)cc3)cc2)c2ccc(-c3ccc(N(c4ccccc4)c4ccc(-c5ccc(N(c6ccccc6)c6ccccc6)cc5)cc4)cc3)cc2)C=C1. The third-order valence-electron chi connectivity index (χ3n) is 14.2. The van der Waals surface area contributed by atoms with E-state index >= 15 is 0 Å². The molecule has 1 unspecified atom stereocenters. The molecule has 0 radical (unpaired) electrons. The average Bonchev–Trinajstić information content (AvgIpc) is 3.51. The average molecular weight is 977 g/mol. The van der Waals surface area contributed by atoms with Gasteiger partial charge in [0.2, 0.25) is 0 Å². The Kier molecular flexibility index (Phi) is 13.7. The van der Waals surface area contributed by atoms with E-state index in [9.17, 15) is 0 Å². The summed E-state index contributed by atoms with van der Waals surface area (Å²) in [6.45, 7) is 0. The molecule has 364 valence electrons. The van der Waals surface area contributed by atoms with Gasteiger partial charge in [-0.25, -0.2) is 0 Å². The fourth-order valence-electron chi connectivity index (χ4n) is 10.4. The highest BCUT2D eigenvalue weighted by atomic mass is 15.2. The molecule has 0 N–H and O–H groups in total. The maximum atomic E-state index is 2.46. The van der Waals surface area contributed by atoms with Crippen LogP contribution in [0.15, 0.2) is 322 Å². The van der Waals surface area contributed by atoms with Crippen LogP contribution in [0.5, 0.6) is 0 Å². The highest BCUT2D eigenvalue weighted by Crippen LogP contribution is 2.41. The van der Waals surface area contributed by atoms with Gasteiger partial charge < -0.3 is 19.6 Å². The number of nitrogens with zero attached hydrogens (tertiary/aromatic N) is 4. The minimum absolute atomic E-state index is 0.191. The Morgan fingerprint density at radius 1 is 0.211 bits per heavy atom. The van der Waals surface area contributed by atoms with E-state index in [1.165, 1.54) is 27.8 Å². The summed E-state index contributed by atoms with van der Waals surface area (Å²) in [6, 6.07) is 107. The van der Waals surface area contributed by atoms with Crippen molar-refractivity contribution < 1.29 is 0 Å². The molecule has 0 aliphatic heterocycles. The minimum Gasteiger partial charge on any atom is -0.334 e. The molecule has 1 aliphatic carbocycles. The molecule has 12 rings (SSSR count). The molecular formula is C72H56N4. The quantitative estimate of drug-likeness (QED) is 0.101. The van der Waals surface area contributed by atoms with Gasteiger partial charge in [-0.05, 0) is 173 Å². The molecule has 0 bridgehead atoms. The van der Waals surface area contributed by atoms with Gasteiger partial charge in [0.05, 0.1) is 6.04 Å². The molecule has 0 saturated carbocycles. The lowest BCUT2D eigenvalue weighted by atomic mass is 10.0. The van der Waals surface area contributed by atoms with Crippen LogP contribution in [0.2, 0.25) is 0 Å². The third-order valence-corrected chi connectivity index (χ3v) is 14.2. The lowest BCUT2D eigenvalue weighted by molar-refractivity contribution is 0.785. The van der Waals surface area contributed by atoms with E-state index in [1.807, 2.05) is 0 Å². The zero-order valence-corrected chi connectivity index (χ0v) is 42.2. The van der Waals surface area contributed by atoms with Crippen LogP contribution in [0, 0.1) is 0 Å². The molecule has 1 aliphatic rings. The van der Waals surface area contributed by atoms with Crippen LogP contribution < -0.4 is 19.6 Å². The van der Waals surface area contributed by atoms with E-state index < -0.39 is 0 Å². The molecule has 1 atom stereocenters. The van der Waals surface area contributed by atoms with Gasteiger partial charge >= 0.3 is 0 Å². The normalized spacial score (nSPS) is 12.7. The molecule has 76 heavy (non-hydrogen) atoms. The zero-order valence-electron chi connectivity index (χ0n) is 42.2. The highest BCUT2D eigenvalue weighted by molar-refractivity contribution is 5.83. The lowest BCUT2D eigenvalue weighted by Gasteiger charge is -2.33. The Labute approximate surface area is 447 Å². The van der Waals surface area contributed by atoms with Crippen LogP contribution >= 0.6 is 0 Å². The maximum Gasteiger partial charge on any atom is 0.0559 e. The molecule has 0 saturated heterocycles. The number of hydrogen-bond acceptors (Lipinski definition) is 4. The van der Waals surface area contributed by atoms with Crippen LogP contribution in [0.4, 0.5) is 62.6 Å². The molecule has 0 aromatic heterocycles. The first-order valence-electron chi connectivity index (χ1n) is 26.1. The van der Waals surface area contributed by atoms with E-state index in [-0.39, 0.29) is 6.04 Å². The predicted molar refractivity (Wildman–Crippen MR) is 322 cm³/mol. The van der Waals surface area contributed by atoms with Crippen LogP contribution in [-0.4, -0.2) is 6.04 Å². The smallest absolute Gasteiger partial charge is 0.0559 e. The first-order chi connectivity index (χ1) is 37.7. The minimum atomic E-state index is 0.191. The van der Waals surface area contributed by atoms with Gasteiger partial charge in [0.25, 0.3) is 0 Å². The number of anilines is 11. The van der Waals surface area contributed by atoms with E-state index in [1.54, 1.807) is 0 Å². The van der Waals surface area contributed by atoms with E-state index in [0.29, 0.717) is 0 Å². The molecule has 0 spiro atoms. The van der Waals surface area contributed by atoms with Crippen molar-refractivity contribution in [2.24, 2.45) is 0 Å². The number of allylic oxidation sites excluding steroid dienone is 2. The lowest BCUT2D eigenvalue weighted by Crippen LogP contribution is -2.29. The van der Waals surface area contributed by atoms with Gasteiger partial charge in [0.15, 0.2) is 0 Å². The van der Waals surface area contributed by atoms with Gasteiger partial charge in [-0.15, -0.1) is 0 Å². The van der Waals surface area contributed by atoms with Gasteiger partial charge in [-0.3, -0.25) is 0 Å². The summed E-state index contributed by atoms with van der Waals surface area (Å²) in [4.78, 5) is 9.38. The number of hydrogen-bond donors (Lipinski definition) is 0. The molecule has 4 nitrogen and oxygen atoms in total. The summed E-state index contributed by atoms with van der Waals surface area (Å²) >= 11 is 0. The van der Waals surface area contributed by atoms with Gasteiger partial charge in [0.1, 0.15) is 0 Å². The standard InChI is InChI=1S/C72H56N4/c1-7-19-61(20-8-1)73(62-21-9-2-10-22-62)67-43-31-55(32-44-67)57-35-47-69(48-36-57)75(65-27-15-5-16-28-65)71-51-39-59(40-52-71)60-41-53-72(54-42-60)76(66-29-17-6-18-30-66)70-49-37-58(38-50-70)56-33-45-68(46-34-56)74(63-23-11-3-12-24-63)64-25-13-4-14-26-64/h1-29,31-54,66H,30H2. The second-order valence-electron chi connectivity index (χ2n) is 19.0. The van der Waals surface area contributed by atoms with Crippen molar-refractivity contribution >= 4 is 62.6 Å². The molecule has 0 heterocycles. The Morgan fingerprint density at radius 2 is 0.421 bits per heavy atom. The van der Waals surface area contributed by atoms with Gasteiger partial charge in [0, 0.05) is 62.6 Å². The van der Waals surface area contributed by atoms with Crippen molar-refractivity contribution in [2.45, 2.75) is 12.5 Å². The summed E-state index contributed by atoms with van der Waals surface area (Å²) in [6.07, 6.45) is 9.81. The number of benzene rings is 11. The maximum absolute atomic E-state index is 2.46. The first kappa shape index (κ1) is 47.1. The fourth-order valence-corrected chi connectivity index (χ4v) is 10.4. The Hall–Kier alpha value is -9.90. The third kappa shape index (κ3) is 10.2. The van der Waals surface area contributed by atoms with Gasteiger partial charge in [-0.2, -0.15) is 0 Å². The second-order valence-corrected chi connectivity index (χ2v) is 19.0. The molecule has 4 heteroatoms. The van der Waals surface area contributed by atoms with Crippen molar-refractivity contribution in [3.8, 4) is 33.4 Å². The van der Waals surface area contributed by atoms with Crippen molar-refractivity contribution in [1.29, 1.82) is 0 Å². The Balaban J connectivity index is 0.769. The largest absolute Gasteiger partial charge is 0.334 e. The van der Waals surface area contributed by atoms with Crippen molar-refractivity contribution in [2.75, 3.05) is 19.6 Å². The second kappa shape index (κ2) is 22.1. The number of para-hydroxylation sites is 5. The Morgan fingerprint density at radius 3 is 0.632 bits per heavy atom. The summed E-state index contributed by atoms with van der Waals surface area (Å²) < 4.78 is 0. The van der Waals surface area contributed by atoms with Crippen molar-refractivity contribution in [3.05, 3.63) is 322 Å². The summed E-state index contributed by atoms with van der Waals surface area (Å²) in [5.41, 5.74) is 19.3. The van der Waals surface area contributed by atoms with Crippen LogP contribution in [0.25, 0.3) is 33.4 Å². The van der Waals surface area contributed by atoms with Crippen molar-refractivity contribution in [3.63, 3.8) is 0 Å². The van der Waals surface area contributed by atoms with Crippen molar-refractivity contribution in [1.82, 2.24) is 0 Å². The summed E-state index contributed by atoms with van der Waals surface area (Å²) in [5, 5.41) is 0. The number of rotatable bonds is 15. The molecule has 11 aromatic carbocycles. The monoisotopic (exact) mass is 976 g/mol. The molecule has 0 amide bonds. The van der Waals surface area contributed by atoms with E-state index in [2.05, 4.69) is 341 Å². The van der Waals surface area contributed by atoms with Crippen LogP contribution in [0.3, 0.4) is 0 Å². The summed E-state index contributed by atoms with van der Waals surface area (Å²) in [5.74, 6) is 0. The highest BCUT2D eigenvalue weighted by Gasteiger charge is 2.21. The predicted octanol–water partition coefficient (Wildman–Crippen LogP) is 20.1. The zero-order chi connectivity index (χ0) is 50.9. The first-order valence-corrected chi connectivity index (χ1v) is 26.1. The molecule has 11 aromatic rings. The van der Waals surface area contributed by atoms with E-state index in [4.69, 9.17) is 0 Å². The Bertz CT molecular complexity index is 3580. The molecular weight excluding hydrogens is 921 g/mol. The fraction of sp³-hybridized carbons (Fsp3) is 0.0278. The van der Waals surface area contributed by atoms with Crippen LogP contribution in [0.1, 0.15) is 6.42 Å². The van der Waals surface area contributed by atoms with Crippen LogP contribution in [-0.2, 0) is 0 Å². The van der Waals surface area contributed by atoms with E-state index in [0.717, 1.165) is 74.5 Å². The summed E-state index contributed by atoms with van der Waals surface area (Å²) in [7, 11) is 0. The van der Waals surface area contributed by atoms with Gasteiger partial charge in [-0.1, -0.05) is 188 Å². The topological polar surface area (TPSA) is 13.0 Å².